The molecule has 1 amide bonds. The molecule has 0 bridgehead atoms. The highest BCUT2D eigenvalue weighted by Gasteiger charge is 2.29. The number of methoxy groups -OCH3 is 1. The topological polar surface area (TPSA) is 134 Å². The molecule has 1 aliphatic heterocycles. The summed E-state index contributed by atoms with van der Waals surface area (Å²) in [4.78, 5) is 35.2. The number of ether oxygens (including phenoxy) is 2. The Labute approximate surface area is 144 Å². The molecule has 10 nitrogen and oxygen atoms in total. The average molecular weight is 373 g/mol. The summed E-state index contributed by atoms with van der Waals surface area (Å²) in [5, 5.41) is 6.35. The zero-order chi connectivity index (χ0) is 18.4. The first-order chi connectivity index (χ1) is 11.8. The molecule has 1 atom stereocenters. The number of esters is 1. The standard InChI is InChI=1S/C14H19N3O7S/c1-23-6-5-17-13(19)3-2-11(16-17)14(20)24-8-12(18)15-10-4-7-25(21,22)9-10/h2-3,10H,4-9H2,1H3,(H,15,18). The van der Waals surface area contributed by atoms with Crippen LogP contribution < -0.4 is 10.9 Å². The fourth-order valence-electron chi connectivity index (χ4n) is 2.28. The van der Waals surface area contributed by atoms with E-state index in [9.17, 15) is 22.8 Å². The quantitative estimate of drug-likeness (QED) is 0.562. The van der Waals surface area contributed by atoms with Gasteiger partial charge in [-0.1, -0.05) is 0 Å². The molecule has 0 aliphatic carbocycles. The maximum absolute atomic E-state index is 11.9. The summed E-state index contributed by atoms with van der Waals surface area (Å²) in [6.07, 6.45) is 0.341. The molecule has 1 fully saturated rings. The molecular weight excluding hydrogens is 354 g/mol. The first-order valence-electron chi connectivity index (χ1n) is 7.55. The van der Waals surface area contributed by atoms with Crippen molar-refractivity contribution in [3.05, 3.63) is 28.2 Å². The van der Waals surface area contributed by atoms with Crippen LogP contribution in [0.1, 0.15) is 16.9 Å². The molecule has 25 heavy (non-hydrogen) atoms. The zero-order valence-corrected chi connectivity index (χ0v) is 14.5. The highest BCUT2D eigenvalue weighted by atomic mass is 32.2. The van der Waals surface area contributed by atoms with Crippen LogP contribution in [0.15, 0.2) is 16.9 Å². The van der Waals surface area contributed by atoms with Gasteiger partial charge >= 0.3 is 5.97 Å². The summed E-state index contributed by atoms with van der Waals surface area (Å²) in [5.41, 5.74) is -0.513. The number of amides is 1. The molecule has 1 N–H and O–H groups in total. The lowest BCUT2D eigenvalue weighted by atomic mass is 10.2. The van der Waals surface area contributed by atoms with Crippen LogP contribution in [0.25, 0.3) is 0 Å². The van der Waals surface area contributed by atoms with Crippen LogP contribution in [0, 0.1) is 0 Å². The maximum Gasteiger partial charge on any atom is 0.359 e. The number of nitrogens with one attached hydrogen (secondary N) is 1. The number of hydrogen-bond donors (Lipinski definition) is 1. The van der Waals surface area contributed by atoms with Crippen LogP contribution in [-0.2, 0) is 30.7 Å². The van der Waals surface area contributed by atoms with E-state index in [2.05, 4.69) is 10.4 Å². The van der Waals surface area contributed by atoms with Crippen molar-refractivity contribution in [3.8, 4) is 0 Å². The molecule has 1 unspecified atom stereocenters. The van der Waals surface area contributed by atoms with Crippen molar-refractivity contribution >= 4 is 21.7 Å². The fraction of sp³-hybridized carbons (Fsp3) is 0.571. The molecule has 1 aromatic rings. The Morgan fingerprint density at radius 2 is 2.16 bits per heavy atom. The SMILES string of the molecule is COCCn1nc(C(=O)OCC(=O)NC2CCS(=O)(=O)C2)ccc1=O. The predicted octanol–water partition coefficient (Wildman–Crippen LogP) is -1.65. The molecule has 0 radical (unpaired) electrons. The van der Waals surface area contributed by atoms with E-state index in [-0.39, 0.29) is 30.4 Å². The summed E-state index contributed by atoms with van der Waals surface area (Å²) in [5.74, 6) is -1.54. The zero-order valence-electron chi connectivity index (χ0n) is 13.6. The highest BCUT2D eigenvalue weighted by Crippen LogP contribution is 2.11. The van der Waals surface area contributed by atoms with Crippen molar-refractivity contribution in [3.63, 3.8) is 0 Å². The van der Waals surface area contributed by atoms with E-state index in [1.807, 2.05) is 0 Å². The summed E-state index contributed by atoms with van der Waals surface area (Å²) >= 11 is 0. The van der Waals surface area contributed by atoms with Crippen LogP contribution in [0.3, 0.4) is 0 Å². The van der Waals surface area contributed by atoms with Crippen molar-refractivity contribution in [2.45, 2.75) is 19.0 Å². The third-order valence-corrected chi connectivity index (χ3v) is 5.28. The van der Waals surface area contributed by atoms with E-state index in [1.54, 1.807) is 0 Å². The summed E-state index contributed by atoms with van der Waals surface area (Å²) in [6.45, 7) is -0.139. The van der Waals surface area contributed by atoms with Gasteiger partial charge in [-0.2, -0.15) is 5.10 Å². The van der Waals surface area contributed by atoms with Gasteiger partial charge in [-0.25, -0.2) is 17.9 Å². The average Bonchev–Trinajstić information content (AvgIpc) is 2.90. The Morgan fingerprint density at radius 3 is 2.80 bits per heavy atom. The van der Waals surface area contributed by atoms with Crippen molar-refractivity contribution in [1.82, 2.24) is 15.1 Å². The van der Waals surface area contributed by atoms with Crippen LogP contribution in [0.5, 0.6) is 0 Å². The van der Waals surface area contributed by atoms with Crippen molar-refractivity contribution in [1.29, 1.82) is 0 Å². The molecular formula is C14H19N3O7S. The lowest BCUT2D eigenvalue weighted by Crippen LogP contribution is -2.38. The van der Waals surface area contributed by atoms with E-state index in [0.29, 0.717) is 6.42 Å². The number of carbonyl (C=O) groups excluding carboxylic acids is 2. The number of sulfone groups is 1. The minimum atomic E-state index is -3.11. The largest absolute Gasteiger partial charge is 0.451 e. The normalized spacial score (nSPS) is 18.7. The third kappa shape index (κ3) is 5.64. The second-order valence-corrected chi connectivity index (χ2v) is 7.75. The Morgan fingerprint density at radius 1 is 1.40 bits per heavy atom. The number of rotatable bonds is 7. The molecule has 0 saturated carbocycles. The van der Waals surface area contributed by atoms with Crippen molar-refractivity contribution in [2.75, 3.05) is 31.8 Å². The second kappa shape index (κ2) is 8.21. The van der Waals surface area contributed by atoms with Crippen molar-refractivity contribution < 1.29 is 27.5 Å². The van der Waals surface area contributed by atoms with Gasteiger partial charge < -0.3 is 14.8 Å². The van der Waals surface area contributed by atoms with Gasteiger partial charge in [0, 0.05) is 19.2 Å². The van der Waals surface area contributed by atoms with E-state index < -0.39 is 39.9 Å². The van der Waals surface area contributed by atoms with Gasteiger partial charge in [-0.15, -0.1) is 0 Å². The molecule has 2 rings (SSSR count). The van der Waals surface area contributed by atoms with Gasteiger partial charge in [-0.3, -0.25) is 9.59 Å². The maximum atomic E-state index is 11.9. The summed E-state index contributed by atoms with van der Waals surface area (Å²) < 4.78 is 33.4. The molecule has 0 aromatic carbocycles. The van der Waals surface area contributed by atoms with Gasteiger partial charge in [0.2, 0.25) is 0 Å². The molecule has 1 aromatic heterocycles. The van der Waals surface area contributed by atoms with Gasteiger partial charge in [0.05, 0.1) is 24.7 Å². The second-order valence-electron chi connectivity index (χ2n) is 5.52. The highest BCUT2D eigenvalue weighted by molar-refractivity contribution is 7.91. The summed E-state index contributed by atoms with van der Waals surface area (Å²) in [7, 11) is -1.64. The van der Waals surface area contributed by atoms with Crippen LogP contribution in [0.4, 0.5) is 0 Å². The Kier molecular flexibility index (Phi) is 6.26. The lowest BCUT2D eigenvalue weighted by Gasteiger charge is -2.11. The molecule has 138 valence electrons. The van der Waals surface area contributed by atoms with Crippen LogP contribution in [0.2, 0.25) is 0 Å². The predicted molar refractivity (Wildman–Crippen MR) is 85.9 cm³/mol. The minimum absolute atomic E-state index is 0.0324. The first kappa shape index (κ1) is 19.1. The monoisotopic (exact) mass is 373 g/mol. The molecule has 0 spiro atoms. The Hall–Kier alpha value is -2.27. The Balaban J connectivity index is 1.87. The van der Waals surface area contributed by atoms with Gasteiger partial charge in [0.25, 0.3) is 11.5 Å². The molecule has 1 saturated heterocycles. The van der Waals surface area contributed by atoms with Crippen molar-refractivity contribution in [2.24, 2.45) is 0 Å². The lowest BCUT2D eigenvalue weighted by molar-refractivity contribution is -0.124. The van der Waals surface area contributed by atoms with E-state index in [1.165, 1.54) is 19.2 Å². The fourth-order valence-corrected chi connectivity index (χ4v) is 3.95. The number of carbonyl (C=O) groups is 2. The minimum Gasteiger partial charge on any atom is -0.451 e. The number of aromatic nitrogens is 2. The van der Waals surface area contributed by atoms with E-state index in [4.69, 9.17) is 9.47 Å². The van der Waals surface area contributed by atoms with E-state index >= 15 is 0 Å². The van der Waals surface area contributed by atoms with Crippen LogP contribution in [-0.4, -0.2) is 67.9 Å². The van der Waals surface area contributed by atoms with Gasteiger partial charge in [0.1, 0.15) is 0 Å². The Bertz CT molecular complexity index is 803. The van der Waals surface area contributed by atoms with Crippen LogP contribution >= 0.6 is 0 Å². The number of nitrogens with zero attached hydrogens (tertiary/aromatic N) is 2. The van der Waals surface area contributed by atoms with Gasteiger partial charge in [0.15, 0.2) is 22.1 Å². The van der Waals surface area contributed by atoms with E-state index in [0.717, 1.165) is 4.68 Å². The molecule has 11 heteroatoms. The molecule has 1 aliphatic rings. The van der Waals surface area contributed by atoms with Gasteiger partial charge in [-0.05, 0) is 12.5 Å². The summed E-state index contributed by atoms with van der Waals surface area (Å²) in [6, 6.07) is 1.91. The third-order valence-electron chi connectivity index (χ3n) is 3.51. The smallest absolute Gasteiger partial charge is 0.359 e. The first-order valence-corrected chi connectivity index (χ1v) is 9.37. The molecule has 2 heterocycles. The number of hydrogen-bond acceptors (Lipinski definition) is 8.